The van der Waals surface area contributed by atoms with Crippen LogP contribution < -0.4 is 0 Å². The van der Waals surface area contributed by atoms with Crippen molar-refractivity contribution in [2.24, 2.45) is 4.99 Å². The molecule has 0 aliphatic carbocycles. The smallest absolute Gasteiger partial charge is 0.305 e. The van der Waals surface area contributed by atoms with E-state index in [2.05, 4.69) is 41.1 Å². The van der Waals surface area contributed by atoms with Gasteiger partial charge in [0.25, 0.3) is 0 Å². The topological polar surface area (TPSA) is 41.9 Å². The van der Waals surface area contributed by atoms with Gasteiger partial charge in [0.2, 0.25) is 0 Å². The molecule has 0 atom stereocenters. The molecule has 0 amide bonds. The zero-order valence-electron chi connectivity index (χ0n) is 28.7. The summed E-state index contributed by atoms with van der Waals surface area (Å²) in [7, 11) is 0. The predicted octanol–water partition coefficient (Wildman–Crippen LogP) is 11.9. The van der Waals surface area contributed by atoms with Crippen molar-refractivity contribution < 1.29 is 9.53 Å². The summed E-state index contributed by atoms with van der Waals surface area (Å²) in [4.78, 5) is 18.6. The van der Waals surface area contributed by atoms with Crippen molar-refractivity contribution in [2.45, 2.75) is 187 Å². The van der Waals surface area contributed by atoms with E-state index in [1.165, 1.54) is 161 Å². The van der Waals surface area contributed by atoms with Crippen molar-refractivity contribution in [3.63, 3.8) is 0 Å². The fourth-order valence-electron chi connectivity index (χ4n) is 5.78. The first-order valence-corrected chi connectivity index (χ1v) is 19.0. The Morgan fingerprint density at radius 1 is 0.605 bits per heavy atom. The summed E-state index contributed by atoms with van der Waals surface area (Å²) < 4.78 is 5.44. The Labute approximate surface area is 268 Å². The van der Waals surface area contributed by atoms with Crippen LogP contribution in [0.3, 0.4) is 0 Å². The molecule has 1 rings (SSSR count). The normalized spacial score (nSPS) is 13.3. The Kier molecular flexibility index (Phi) is 30.6. The molecule has 250 valence electrons. The molecular formula is C39H72N2O2. The van der Waals surface area contributed by atoms with Crippen LogP contribution >= 0.6 is 0 Å². The number of esters is 1. The summed E-state index contributed by atoms with van der Waals surface area (Å²) in [6.45, 7) is 6.20. The van der Waals surface area contributed by atoms with E-state index in [0.717, 1.165) is 32.4 Å². The number of carbonyl (C=O) groups is 1. The van der Waals surface area contributed by atoms with E-state index in [0.29, 0.717) is 13.0 Å². The van der Waals surface area contributed by atoms with E-state index in [1.807, 2.05) is 6.34 Å². The summed E-state index contributed by atoms with van der Waals surface area (Å²) in [5, 5.41) is 0. The average Bonchev–Trinajstić information content (AvgIpc) is 3.54. The van der Waals surface area contributed by atoms with Gasteiger partial charge in [0.1, 0.15) is 0 Å². The number of aliphatic imine (C=N–C) groups is 1. The maximum Gasteiger partial charge on any atom is 0.305 e. The molecule has 1 aliphatic heterocycles. The molecule has 4 heteroatoms. The summed E-state index contributed by atoms with van der Waals surface area (Å²) in [5.41, 5.74) is 0. The van der Waals surface area contributed by atoms with Gasteiger partial charge in [-0.15, -0.1) is 0 Å². The van der Waals surface area contributed by atoms with Crippen LogP contribution in [0.25, 0.3) is 0 Å². The Morgan fingerprint density at radius 3 is 1.53 bits per heavy atom. The predicted molar refractivity (Wildman–Crippen MR) is 189 cm³/mol. The third kappa shape index (κ3) is 30.2. The minimum atomic E-state index is 0.00716. The summed E-state index contributed by atoms with van der Waals surface area (Å²) >= 11 is 0. The lowest BCUT2D eigenvalue weighted by molar-refractivity contribution is -0.143. The second kappa shape index (κ2) is 33.3. The van der Waals surface area contributed by atoms with Crippen LogP contribution in [0.5, 0.6) is 0 Å². The molecule has 0 aromatic rings. The fraction of sp³-hybridized carbons (Fsp3) is 0.846. The van der Waals surface area contributed by atoms with Crippen molar-refractivity contribution in [1.29, 1.82) is 0 Å². The number of ether oxygens (including phenoxy) is 1. The summed E-state index contributed by atoms with van der Waals surface area (Å²) in [6.07, 6.45) is 46.9. The van der Waals surface area contributed by atoms with Gasteiger partial charge in [-0.2, -0.15) is 0 Å². The number of unbranched alkanes of at least 4 members (excludes halogenated alkanes) is 23. The summed E-state index contributed by atoms with van der Waals surface area (Å²) in [6, 6.07) is 0. The molecule has 0 saturated carbocycles. The average molecular weight is 601 g/mol. The molecule has 0 bridgehead atoms. The molecule has 4 nitrogen and oxygen atoms in total. The third-order valence-electron chi connectivity index (χ3n) is 8.66. The lowest BCUT2D eigenvalue weighted by Crippen LogP contribution is -2.20. The van der Waals surface area contributed by atoms with Crippen LogP contribution in [-0.2, 0) is 9.53 Å². The van der Waals surface area contributed by atoms with Gasteiger partial charge in [-0.25, -0.2) is 0 Å². The molecule has 0 unspecified atom stereocenters. The van der Waals surface area contributed by atoms with E-state index < -0.39 is 0 Å². The van der Waals surface area contributed by atoms with Gasteiger partial charge in [-0.3, -0.25) is 9.79 Å². The minimum absolute atomic E-state index is 0.00716. The van der Waals surface area contributed by atoms with E-state index in [9.17, 15) is 4.79 Å². The number of allylic oxidation sites excluding steroid dienone is 4. The molecule has 0 radical (unpaired) electrons. The van der Waals surface area contributed by atoms with Gasteiger partial charge in [0.15, 0.2) is 0 Å². The first-order chi connectivity index (χ1) is 21.3. The highest BCUT2D eigenvalue weighted by Crippen LogP contribution is 2.12. The Balaban J connectivity index is 1.70. The van der Waals surface area contributed by atoms with Gasteiger partial charge in [-0.05, 0) is 70.6 Å². The second-order valence-corrected chi connectivity index (χ2v) is 12.9. The zero-order chi connectivity index (χ0) is 30.7. The largest absolute Gasteiger partial charge is 0.466 e. The molecule has 0 N–H and O–H groups in total. The quantitative estimate of drug-likeness (QED) is 0.0427. The Morgan fingerprint density at radius 2 is 1.05 bits per heavy atom. The van der Waals surface area contributed by atoms with Crippen molar-refractivity contribution in [2.75, 3.05) is 26.2 Å². The standard InChI is InChI=1S/C39H72N2O2/c1-2-3-4-5-6-7-8-9-10-14-17-20-23-26-29-32-37-43-39(42)33-30-27-24-21-18-15-12-11-13-16-19-22-25-28-31-35-41-36-34-40-38-41/h9-12,38H,2-8,13-37H2,1H3/b10-9-,12-11-. The SMILES string of the molecule is CCCCCCCC/C=C\CCCCCCCCOC(=O)CCCCCCC/C=C\CCCCCCCCN1C=NCC1. The lowest BCUT2D eigenvalue weighted by Gasteiger charge is -2.12. The van der Waals surface area contributed by atoms with Gasteiger partial charge < -0.3 is 9.64 Å². The van der Waals surface area contributed by atoms with Crippen molar-refractivity contribution in [3.05, 3.63) is 24.3 Å². The van der Waals surface area contributed by atoms with Crippen LogP contribution in [0, 0.1) is 0 Å². The zero-order valence-corrected chi connectivity index (χ0v) is 28.7. The van der Waals surface area contributed by atoms with Gasteiger partial charge in [0.05, 0.1) is 19.5 Å². The van der Waals surface area contributed by atoms with Crippen LogP contribution in [0.1, 0.15) is 187 Å². The Hall–Kier alpha value is -1.58. The van der Waals surface area contributed by atoms with E-state index in [4.69, 9.17) is 4.74 Å². The minimum Gasteiger partial charge on any atom is -0.466 e. The van der Waals surface area contributed by atoms with Crippen LogP contribution in [0.2, 0.25) is 0 Å². The van der Waals surface area contributed by atoms with Crippen LogP contribution in [-0.4, -0.2) is 43.4 Å². The number of carbonyl (C=O) groups excluding carboxylic acids is 1. The van der Waals surface area contributed by atoms with Crippen molar-refractivity contribution >= 4 is 12.3 Å². The molecule has 0 spiro atoms. The highest BCUT2D eigenvalue weighted by Gasteiger charge is 2.04. The van der Waals surface area contributed by atoms with E-state index in [1.54, 1.807) is 0 Å². The van der Waals surface area contributed by atoms with Crippen molar-refractivity contribution in [1.82, 2.24) is 4.90 Å². The highest BCUT2D eigenvalue weighted by atomic mass is 16.5. The maximum atomic E-state index is 12.0. The number of hydrogen-bond donors (Lipinski definition) is 0. The fourth-order valence-corrected chi connectivity index (χ4v) is 5.78. The molecule has 43 heavy (non-hydrogen) atoms. The Bertz CT molecular complexity index is 672. The first-order valence-electron chi connectivity index (χ1n) is 19.0. The van der Waals surface area contributed by atoms with Crippen LogP contribution in [0.4, 0.5) is 0 Å². The van der Waals surface area contributed by atoms with Gasteiger partial charge in [-0.1, -0.05) is 134 Å². The van der Waals surface area contributed by atoms with Gasteiger partial charge >= 0.3 is 5.97 Å². The second-order valence-electron chi connectivity index (χ2n) is 12.9. The molecule has 0 aromatic carbocycles. The maximum absolute atomic E-state index is 12.0. The summed E-state index contributed by atoms with van der Waals surface area (Å²) in [5.74, 6) is 0.00716. The van der Waals surface area contributed by atoms with Crippen LogP contribution in [0.15, 0.2) is 29.3 Å². The molecule has 0 aromatic heterocycles. The van der Waals surface area contributed by atoms with Crippen molar-refractivity contribution in [3.8, 4) is 0 Å². The van der Waals surface area contributed by atoms with Gasteiger partial charge in [0, 0.05) is 19.5 Å². The monoisotopic (exact) mass is 601 g/mol. The number of rotatable bonds is 33. The molecule has 1 heterocycles. The first kappa shape index (κ1) is 39.4. The molecular weight excluding hydrogens is 528 g/mol. The lowest BCUT2D eigenvalue weighted by atomic mass is 10.1. The highest BCUT2D eigenvalue weighted by molar-refractivity contribution is 5.69. The molecule has 0 fully saturated rings. The van der Waals surface area contributed by atoms with E-state index in [-0.39, 0.29) is 5.97 Å². The van der Waals surface area contributed by atoms with E-state index >= 15 is 0 Å². The number of hydrogen-bond acceptors (Lipinski definition) is 4. The molecule has 0 saturated heterocycles. The third-order valence-corrected chi connectivity index (χ3v) is 8.66. The number of nitrogens with zero attached hydrogens (tertiary/aromatic N) is 2. The molecule has 1 aliphatic rings.